The predicted octanol–water partition coefficient (Wildman–Crippen LogP) is 3.59. The lowest BCUT2D eigenvalue weighted by Crippen LogP contribution is -2.58. The Morgan fingerprint density at radius 1 is 1.00 bits per heavy atom. The molecule has 0 aliphatic carbocycles. The average Bonchev–Trinajstić information content (AvgIpc) is 2.74. The number of imide groups is 1. The quantitative estimate of drug-likeness (QED) is 0.659. The Morgan fingerprint density at radius 2 is 1.60 bits per heavy atom. The maximum Gasteiger partial charge on any atom is 0.327 e. The van der Waals surface area contributed by atoms with Gasteiger partial charge in [0.05, 0.1) is 0 Å². The van der Waals surface area contributed by atoms with Gasteiger partial charge in [-0.05, 0) is 44.4 Å². The van der Waals surface area contributed by atoms with E-state index in [1.807, 2.05) is 4.90 Å². The summed E-state index contributed by atoms with van der Waals surface area (Å²) in [4.78, 5) is 32.2. The zero-order valence-electron chi connectivity index (χ0n) is 17.0. The van der Waals surface area contributed by atoms with E-state index in [-0.39, 0.29) is 11.9 Å². The van der Waals surface area contributed by atoms with E-state index < -0.39 is 5.54 Å². The van der Waals surface area contributed by atoms with Gasteiger partial charge >= 0.3 is 6.03 Å². The maximum absolute atomic E-state index is 13.3. The lowest BCUT2D eigenvalue weighted by atomic mass is 9.84. The van der Waals surface area contributed by atoms with E-state index in [1.54, 1.807) is 0 Å². The predicted molar refractivity (Wildman–Crippen MR) is 101 cm³/mol. The Hall–Kier alpha value is -1.10. The Kier molecular flexibility index (Phi) is 6.52. The Labute approximate surface area is 153 Å². The van der Waals surface area contributed by atoms with Gasteiger partial charge in [0.25, 0.3) is 5.91 Å². The average molecular weight is 352 g/mol. The molecule has 0 radical (unpaired) electrons. The smallest absolute Gasteiger partial charge is 0.309 e. The van der Waals surface area contributed by atoms with Crippen LogP contribution in [0.3, 0.4) is 0 Å². The molecular weight excluding hydrogens is 314 g/mol. The van der Waals surface area contributed by atoms with Crippen molar-refractivity contribution in [1.29, 1.82) is 0 Å². The van der Waals surface area contributed by atoms with Gasteiger partial charge in [-0.25, -0.2) is 4.79 Å². The molecule has 0 aromatic rings. The molecule has 0 bridgehead atoms. The normalized spacial score (nSPS) is 22.7. The summed E-state index contributed by atoms with van der Waals surface area (Å²) in [6, 6.07) is 0.483. The van der Waals surface area contributed by atoms with Gasteiger partial charge in [-0.3, -0.25) is 9.69 Å². The van der Waals surface area contributed by atoms with Crippen molar-refractivity contribution in [2.75, 3.05) is 26.2 Å². The van der Waals surface area contributed by atoms with E-state index >= 15 is 0 Å². The monoisotopic (exact) mass is 351 g/mol. The van der Waals surface area contributed by atoms with E-state index in [9.17, 15) is 9.59 Å². The number of piperidine rings is 1. The fourth-order valence-corrected chi connectivity index (χ4v) is 4.08. The number of urea groups is 1. The van der Waals surface area contributed by atoms with E-state index in [0.717, 1.165) is 38.8 Å². The molecule has 144 valence electrons. The number of carbonyl (C=O) groups is 2. The summed E-state index contributed by atoms with van der Waals surface area (Å²) in [6.07, 6.45) is 3.62. The third-order valence-electron chi connectivity index (χ3n) is 5.94. The number of hydrogen-bond donors (Lipinski definition) is 0. The zero-order valence-corrected chi connectivity index (χ0v) is 17.0. The van der Waals surface area contributed by atoms with Crippen LogP contribution in [0.15, 0.2) is 0 Å². The first kappa shape index (κ1) is 20.2. The van der Waals surface area contributed by atoms with Crippen LogP contribution in [0.4, 0.5) is 4.79 Å². The summed E-state index contributed by atoms with van der Waals surface area (Å²) in [5, 5.41) is 0. The van der Waals surface area contributed by atoms with Crippen LogP contribution in [0.1, 0.15) is 67.2 Å². The molecule has 2 aliphatic rings. The van der Waals surface area contributed by atoms with Crippen LogP contribution in [-0.2, 0) is 4.79 Å². The summed E-state index contributed by atoms with van der Waals surface area (Å²) >= 11 is 0. The number of carbonyl (C=O) groups excluding carboxylic acids is 2. The Morgan fingerprint density at radius 3 is 2.08 bits per heavy atom. The minimum absolute atomic E-state index is 0.0544. The minimum atomic E-state index is -0.592. The summed E-state index contributed by atoms with van der Waals surface area (Å²) < 4.78 is 0. The van der Waals surface area contributed by atoms with Gasteiger partial charge in [0.2, 0.25) is 0 Å². The van der Waals surface area contributed by atoms with Gasteiger partial charge in [0.1, 0.15) is 5.54 Å². The summed E-state index contributed by atoms with van der Waals surface area (Å²) in [5.41, 5.74) is -0.592. The van der Waals surface area contributed by atoms with Crippen molar-refractivity contribution in [3.8, 4) is 0 Å². The third-order valence-corrected chi connectivity index (χ3v) is 5.94. The molecule has 5 heteroatoms. The standard InChI is InChI=1S/C20H37N3O2/c1-7-17(6)21-12-9-20(10-13-21)18(24)22(14-16(4)5)19(25)23(20)11-8-15(2)3/h15-17H,7-14H2,1-6H3/t17-/m0/s1. The third kappa shape index (κ3) is 4.02. The van der Waals surface area contributed by atoms with Gasteiger partial charge in [-0.15, -0.1) is 0 Å². The lowest BCUT2D eigenvalue weighted by Gasteiger charge is -2.44. The second-order valence-electron chi connectivity index (χ2n) is 8.75. The van der Waals surface area contributed by atoms with Crippen molar-refractivity contribution in [2.45, 2.75) is 78.8 Å². The highest BCUT2D eigenvalue weighted by Crippen LogP contribution is 2.38. The fraction of sp³-hybridized carbons (Fsp3) is 0.900. The molecule has 2 heterocycles. The van der Waals surface area contributed by atoms with E-state index in [0.29, 0.717) is 31.0 Å². The molecule has 5 nitrogen and oxygen atoms in total. The van der Waals surface area contributed by atoms with Crippen LogP contribution >= 0.6 is 0 Å². The fourth-order valence-electron chi connectivity index (χ4n) is 4.08. The first-order valence-corrected chi connectivity index (χ1v) is 10.1. The summed E-state index contributed by atoms with van der Waals surface area (Å²) in [7, 11) is 0. The molecule has 2 aliphatic heterocycles. The summed E-state index contributed by atoms with van der Waals surface area (Å²) in [5.74, 6) is 0.883. The molecule has 2 fully saturated rings. The van der Waals surface area contributed by atoms with Gasteiger partial charge in [0, 0.05) is 32.2 Å². The number of hydrogen-bond acceptors (Lipinski definition) is 3. The van der Waals surface area contributed by atoms with Gasteiger partial charge in [-0.1, -0.05) is 34.6 Å². The molecule has 2 saturated heterocycles. The molecule has 0 unspecified atom stereocenters. The molecule has 0 aromatic heterocycles. The van der Waals surface area contributed by atoms with Gasteiger partial charge < -0.3 is 9.80 Å². The van der Waals surface area contributed by atoms with Crippen LogP contribution in [0, 0.1) is 11.8 Å². The minimum Gasteiger partial charge on any atom is -0.309 e. The highest BCUT2D eigenvalue weighted by Gasteiger charge is 2.57. The number of amides is 3. The van der Waals surface area contributed by atoms with Crippen LogP contribution in [0.2, 0.25) is 0 Å². The molecule has 3 amide bonds. The first-order valence-electron chi connectivity index (χ1n) is 10.1. The Bertz CT molecular complexity index is 481. The van der Waals surface area contributed by atoms with Crippen molar-refractivity contribution in [2.24, 2.45) is 11.8 Å². The second-order valence-corrected chi connectivity index (χ2v) is 8.75. The molecule has 0 aromatic carbocycles. The first-order chi connectivity index (χ1) is 11.7. The topological polar surface area (TPSA) is 43.9 Å². The van der Waals surface area contributed by atoms with E-state index in [2.05, 4.69) is 46.4 Å². The van der Waals surface area contributed by atoms with Crippen LogP contribution < -0.4 is 0 Å². The Balaban J connectivity index is 2.22. The van der Waals surface area contributed by atoms with E-state index in [1.165, 1.54) is 4.90 Å². The van der Waals surface area contributed by atoms with Crippen molar-refractivity contribution in [3.05, 3.63) is 0 Å². The molecule has 0 saturated carbocycles. The molecular formula is C20H37N3O2. The molecule has 0 N–H and O–H groups in total. The number of rotatable bonds is 7. The van der Waals surface area contributed by atoms with Crippen molar-refractivity contribution < 1.29 is 9.59 Å². The molecule has 1 atom stereocenters. The highest BCUT2D eigenvalue weighted by atomic mass is 16.2. The van der Waals surface area contributed by atoms with Crippen molar-refractivity contribution in [1.82, 2.24) is 14.7 Å². The van der Waals surface area contributed by atoms with Gasteiger partial charge in [-0.2, -0.15) is 0 Å². The van der Waals surface area contributed by atoms with Crippen LogP contribution in [0.25, 0.3) is 0 Å². The lowest BCUT2D eigenvalue weighted by molar-refractivity contribution is -0.136. The SMILES string of the molecule is CC[C@H](C)N1CCC2(CC1)C(=O)N(CC(C)C)C(=O)N2CCC(C)C. The zero-order chi connectivity index (χ0) is 18.8. The van der Waals surface area contributed by atoms with Crippen molar-refractivity contribution in [3.63, 3.8) is 0 Å². The largest absolute Gasteiger partial charge is 0.327 e. The van der Waals surface area contributed by atoms with Crippen molar-refractivity contribution >= 4 is 11.9 Å². The van der Waals surface area contributed by atoms with Gasteiger partial charge in [0.15, 0.2) is 0 Å². The van der Waals surface area contributed by atoms with E-state index in [4.69, 9.17) is 0 Å². The molecule has 1 spiro atoms. The van der Waals surface area contributed by atoms with Crippen LogP contribution in [0.5, 0.6) is 0 Å². The summed E-state index contributed by atoms with van der Waals surface area (Å²) in [6.45, 7) is 16.0. The molecule has 25 heavy (non-hydrogen) atoms. The maximum atomic E-state index is 13.3. The number of likely N-dealkylation sites (tertiary alicyclic amines) is 1. The second kappa shape index (κ2) is 8.07. The molecule has 2 rings (SSSR count). The van der Waals surface area contributed by atoms with Crippen LogP contribution in [-0.4, -0.2) is 64.4 Å². The highest BCUT2D eigenvalue weighted by molar-refractivity contribution is 6.07. The number of nitrogens with zero attached hydrogens (tertiary/aromatic N) is 3.